The second-order valence-corrected chi connectivity index (χ2v) is 9.94. The minimum Gasteiger partial charge on any atom is -0.345 e. The van der Waals surface area contributed by atoms with Crippen LogP contribution in [0.3, 0.4) is 0 Å². The van der Waals surface area contributed by atoms with Gasteiger partial charge in [0.1, 0.15) is 0 Å². The number of anilines is 2. The van der Waals surface area contributed by atoms with Gasteiger partial charge in [0.25, 0.3) is 0 Å². The second-order valence-electron chi connectivity index (χ2n) is 9.94. The first kappa shape index (κ1) is 23.1. The molecule has 0 unspecified atom stereocenters. The lowest BCUT2D eigenvalue weighted by molar-refractivity contribution is 1.18. The lowest BCUT2D eigenvalue weighted by Crippen LogP contribution is -2.08. The van der Waals surface area contributed by atoms with Crippen molar-refractivity contribution in [1.29, 1.82) is 0 Å². The van der Waals surface area contributed by atoms with Crippen LogP contribution in [0.2, 0.25) is 0 Å². The lowest BCUT2D eigenvalue weighted by atomic mass is 10.00. The summed E-state index contributed by atoms with van der Waals surface area (Å²) in [7, 11) is 2.13. The van der Waals surface area contributed by atoms with E-state index < -0.39 is 0 Å². The fraction of sp³-hybridized carbons (Fsp3) is 0.0270. The first-order valence-electron chi connectivity index (χ1n) is 13.3. The minimum atomic E-state index is 1.16. The number of para-hydroxylation sites is 2. The third-order valence-electron chi connectivity index (χ3n) is 7.62. The molecule has 6 aromatic carbocycles. The monoisotopic (exact) mass is 500 g/mol. The topological polar surface area (TPSA) is 8.17 Å². The molecule has 1 aromatic heterocycles. The zero-order valence-electron chi connectivity index (χ0n) is 21.8. The molecule has 7 aromatic rings. The Morgan fingerprint density at radius 3 is 1.77 bits per heavy atom. The van der Waals surface area contributed by atoms with E-state index in [-0.39, 0.29) is 0 Å². The van der Waals surface area contributed by atoms with E-state index >= 15 is 0 Å². The van der Waals surface area contributed by atoms with Crippen molar-refractivity contribution in [2.24, 2.45) is 0 Å². The molecule has 0 saturated heterocycles. The Morgan fingerprint density at radius 2 is 1.00 bits per heavy atom. The van der Waals surface area contributed by atoms with E-state index in [1.54, 1.807) is 0 Å². The molecule has 1 heterocycles. The van der Waals surface area contributed by atoms with Gasteiger partial charge in [-0.05, 0) is 70.8 Å². The number of hydrogen-bond acceptors (Lipinski definition) is 1. The molecule has 0 amide bonds. The van der Waals surface area contributed by atoms with Gasteiger partial charge < -0.3 is 9.47 Å². The highest BCUT2D eigenvalue weighted by atomic mass is 15.1. The summed E-state index contributed by atoms with van der Waals surface area (Å²) in [6.07, 6.45) is 0. The summed E-state index contributed by atoms with van der Waals surface area (Å²) in [6.45, 7) is 0. The molecule has 0 saturated carbocycles. The summed E-state index contributed by atoms with van der Waals surface area (Å²) < 4.78 is 2.39. The average Bonchev–Trinajstić information content (AvgIpc) is 3.35. The molecular formula is C37H28N2. The van der Waals surface area contributed by atoms with Crippen LogP contribution in [0.4, 0.5) is 11.4 Å². The van der Waals surface area contributed by atoms with E-state index in [2.05, 4.69) is 168 Å². The van der Waals surface area contributed by atoms with E-state index in [4.69, 9.17) is 0 Å². The minimum absolute atomic E-state index is 1.16. The average molecular weight is 501 g/mol. The number of aromatic nitrogens is 1. The molecule has 2 nitrogen and oxygen atoms in total. The normalized spacial score (nSPS) is 11.2. The number of nitrogens with zero attached hydrogens (tertiary/aromatic N) is 2. The van der Waals surface area contributed by atoms with Crippen LogP contribution in [-0.2, 0) is 0 Å². The molecule has 0 spiro atoms. The predicted octanol–water partition coefficient (Wildman–Crippen LogP) is 9.89. The Balaban J connectivity index is 1.32. The van der Waals surface area contributed by atoms with Crippen molar-refractivity contribution >= 4 is 33.2 Å². The standard InChI is InChI=1S/C37H28N2/c1-38(31-14-6-3-7-15-31)32-23-24-37-35(26-32)34-17-8-9-18-36(34)39(37)33-16-10-13-30(25-33)29-21-19-28(20-22-29)27-11-4-2-5-12-27/h2-26H,1H3. The molecule has 0 aliphatic heterocycles. The maximum absolute atomic E-state index is 2.39. The van der Waals surface area contributed by atoms with Crippen molar-refractivity contribution < 1.29 is 0 Å². The molecule has 0 atom stereocenters. The molecule has 0 aliphatic carbocycles. The number of fused-ring (bicyclic) bond motifs is 3. The van der Waals surface area contributed by atoms with Crippen molar-refractivity contribution in [3.8, 4) is 27.9 Å². The zero-order chi connectivity index (χ0) is 26.2. The molecule has 0 aliphatic rings. The maximum Gasteiger partial charge on any atom is 0.0542 e. The molecule has 7 rings (SSSR count). The van der Waals surface area contributed by atoms with Crippen LogP contribution in [0.15, 0.2) is 152 Å². The Labute approximate surface area is 229 Å². The molecule has 0 bridgehead atoms. The fourth-order valence-electron chi connectivity index (χ4n) is 5.56. The molecule has 39 heavy (non-hydrogen) atoms. The molecule has 0 fully saturated rings. The van der Waals surface area contributed by atoms with E-state index in [1.807, 2.05) is 0 Å². The van der Waals surface area contributed by atoms with Gasteiger partial charge >= 0.3 is 0 Å². The third-order valence-corrected chi connectivity index (χ3v) is 7.62. The van der Waals surface area contributed by atoms with E-state index in [1.165, 1.54) is 55.4 Å². The van der Waals surface area contributed by atoms with Gasteiger partial charge in [0.2, 0.25) is 0 Å². The van der Waals surface area contributed by atoms with Crippen LogP contribution in [0.5, 0.6) is 0 Å². The summed E-state index contributed by atoms with van der Waals surface area (Å²) >= 11 is 0. The largest absolute Gasteiger partial charge is 0.345 e. The fourth-order valence-corrected chi connectivity index (χ4v) is 5.56. The van der Waals surface area contributed by atoms with Crippen LogP contribution in [0, 0.1) is 0 Å². The van der Waals surface area contributed by atoms with Crippen LogP contribution < -0.4 is 4.90 Å². The van der Waals surface area contributed by atoms with Gasteiger partial charge in [-0.25, -0.2) is 0 Å². The van der Waals surface area contributed by atoms with Crippen LogP contribution in [-0.4, -0.2) is 11.6 Å². The van der Waals surface area contributed by atoms with Crippen LogP contribution in [0.1, 0.15) is 0 Å². The van der Waals surface area contributed by atoms with E-state index in [9.17, 15) is 0 Å². The van der Waals surface area contributed by atoms with Gasteiger partial charge in [0.05, 0.1) is 11.0 Å². The Kier molecular flexibility index (Phi) is 5.71. The van der Waals surface area contributed by atoms with Crippen LogP contribution in [0.25, 0.3) is 49.7 Å². The molecular weight excluding hydrogens is 472 g/mol. The summed E-state index contributed by atoms with van der Waals surface area (Å²) in [4.78, 5) is 2.24. The second kappa shape index (κ2) is 9.66. The molecule has 0 N–H and O–H groups in total. The zero-order valence-corrected chi connectivity index (χ0v) is 21.8. The lowest BCUT2D eigenvalue weighted by Gasteiger charge is -2.19. The number of benzene rings is 6. The smallest absolute Gasteiger partial charge is 0.0542 e. The Morgan fingerprint density at radius 1 is 0.410 bits per heavy atom. The summed E-state index contributed by atoms with van der Waals surface area (Å²) in [5, 5.41) is 2.51. The highest BCUT2D eigenvalue weighted by Gasteiger charge is 2.14. The van der Waals surface area contributed by atoms with Crippen LogP contribution >= 0.6 is 0 Å². The van der Waals surface area contributed by atoms with Gasteiger partial charge in [-0.3, -0.25) is 0 Å². The van der Waals surface area contributed by atoms with Crippen molar-refractivity contribution in [2.45, 2.75) is 0 Å². The first-order chi connectivity index (χ1) is 19.3. The van der Waals surface area contributed by atoms with E-state index in [0.29, 0.717) is 0 Å². The van der Waals surface area contributed by atoms with Gasteiger partial charge in [-0.1, -0.05) is 103 Å². The van der Waals surface area contributed by atoms with Crippen molar-refractivity contribution in [3.63, 3.8) is 0 Å². The maximum atomic E-state index is 2.39. The Hall–Kier alpha value is -5.08. The Bertz CT molecular complexity index is 1900. The van der Waals surface area contributed by atoms with Crippen molar-refractivity contribution in [1.82, 2.24) is 4.57 Å². The van der Waals surface area contributed by atoms with Gasteiger partial charge in [0, 0.05) is 34.9 Å². The van der Waals surface area contributed by atoms with Crippen molar-refractivity contribution in [3.05, 3.63) is 152 Å². The van der Waals surface area contributed by atoms with Gasteiger partial charge in [0.15, 0.2) is 0 Å². The molecule has 2 heteroatoms. The quantitative estimate of drug-likeness (QED) is 0.228. The SMILES string of the molecule is CN(c1ccccc1)c1ccc2c(c1)c1ccccc1n2-c1cccc(-c2ccc(-c3ccccc3)cc2)c1. The predicted molar refractivity (Wildman–Crippen MR) is 166 cm³/mol. The number of rotatable bonds is 5. The number of hydrogen-bond donors (Lipinski definition) is 0. The molecule has 186 valence electrons. The summed E-state index contributed by atoms with van der Waals surface area (Å²) in [6, 6.07) is 54.3. The van der Waals surface area contributed by atoms with Gasteiger partial charge in [-0.2, -0.15) is 0 Å². The highest BCUT2D eigenvalue weighted by Crippen LogP contribution is 2.36. The highest BCUT2D eigenvalue weighted by molar-refractivity contribution is 6.10. The van der Waals surface area contributed by atoms with E-state index in [0.717, 1.165) is 5.69 Å². The first-order valence-corrected chi connectivity index (χ1v) is 13.3. The van der Waals surface area contributed by atoms with Gasteiger partial charge in [-0.15, -0.1) is 0 Å². The molecule has 0 radical (unpaired) electrons. The van der Waals surface area contributed by atoms with Crippen molar-refractivity contribution in [2.75, 3.05) is 11.9 Å². The summed E-state index contributed by atoms with van der Waals surface area (Å²) in [5.41, 5.74) is 10.8. The third kappa shape index (κ3) is 4.17. The summed E-state index contributed by atoms with van der Waals surface area (Å²) in [5.74, 6) is 0.